The van der Waals surface area contributed by atoms with Crippen molar-refractivity contribution in [2.75, 3.05) is 13.7 Å². The number of methoxy groups -OCH3 is 1. The highest BCUT2D eigenvalue weighted by molar-refractivity contribution is 5.40. The van der Waals surface area contributed by atoms with Gasteiger partial charge in [-0.15, -0.1) is 0 Å². The molecule has 0 aliphatic carbocycles. The molecule has 1 rings (SSSR count). The summed E-state index contributed by atoms with van der Waals surface area (Å²) in [5.41, 5.74) is -0.0966. The molecule has 5 heteroatoms. The van der Waals surface area contributed by atoms with Crippen LogP contribution < -0.4 is 4.74 Å². The molecule has 0 fully saturated rings. The average Bonchev–Trinajstić information content (AvgIpc) is 2.27. The standard InChI is InChI=1S/C14H19F3O2/c1-9(2)11-5-6-13(19-10(3)8-18-4)12(7-11)14(15,16)17/h5-7,9-10H,8H2,1-4H3. The molecule has 0 aliphatic rings. The minimum atomic E-state index is -4.42. The molecule has 0 N–H and O–H groups in total. The Balaban J connectivity index is 3.09. The van der Waals surface area contributed by atoms with E-state index in [0.29, 0.717) is 5.56 Å². The zero-order valence-electron chi connectivity index (χ0n) is 11.5. The molecule has 0 heterocycles. The molecule has 2 nitrogen and oxygen atoms in total. The Labute approximate surface area is 111 Å². The van der Waals surface area contributed by atoms with Crippen LogP contribution in [0.3, 0.4) is 0 Å². The van der Waals surface area contributed by atoms with E-state index in [1.54, 1.807) is 13.0 Å². The van der Waals surface area contributed by atoms with E-state index in [2.05, 4.69) is 0 Å². The highest BCUT2D eigenvalue weighted by Crippen LogP contribution is 2.38. The van der Waals surface area contributed by atoms with E-state index in [-0.39, 0.29) is 18.3 Å². The summed E-state index contributed by atoms with van der Waals surface area (Å²) < 4.78 is 49.2. The highest BCUT2D eigenvalue weighted by Gasteiger charge is 2.35. The van der Waals surface area contributed by atoms with Crippen molar-refractivity contribution in [3.8, 4) is 5.75 Å². The minimum Gasteiger partial charge on any atom is -0.488 e. The van der Waals surface area contributed by atoms with Crippen LogP contribution in [0.5, 0.6) is 5.75 Å². The number of hydrogen-bond donors (Lipinski definition) is 0. The Hall–Kier alpha value is -1.23. The Kier molecular flexibility index (Phi) is 5.23. The van der Waals surface area contributed by atoms with Crippen molar-refractivity contribution < 1.29 is 22.6 Å². The third kappa shape index (κ3) is 4.42. The maximum absolute atomic E-state index is 13.0. The van der Waals surface area contributed by atoms with Crippen LogP contribution in [0.4, 0.5) is 13.2 Å². The number of ether oxygens (including phenoxy) is 2. The van der Waals surface area contributed by atoms with Gasteiger partial charge in [-0.1, -0.05) is 19.9 Å². The van der Waals surface area contributed by atoms with Crippen molar-refractivity contribution in [3.05, 3.63) is 29.3 Å². The van der Waals surface area contributed by atoms with Crippen molar-refractivity contribution in [3.63, 3.8) is 0 Å². The second-order valence-corrected chi connectivity index (χ2v) is 4.79. The van der Waals surface area contributed by atoms with Crippen LogP contribution >= 0.6 is 0 Å². The fraction of sp³-hybridized carbons (Fsp3) is 0.571. The van der Waals surface area contributed by atoms with Gasteiger partial charge in [-0.2, -0.15) is 13.2 Å². The van der Waals surface area contributed by atoms with Gasteiger partial charge in [-0.3, -0.25) is 0 Å². The van der Waals surface area contributed by atoms with E-state index < -0.39 is 17.8 Å². The summed E-state index contributed by atoms with van der Waals surface area (Å²) >= 11 is 0. The lowest BCUT2D eigenvalue weighted by atomic mass is 10.00. The van der Waals surface area contributed by atoms with Crippen molar-refractivity contribution in [2.24, 2.45) is 0 Å². The number of hydrogen-bond acceptors (Lipinski definition) is 2. The molecule has 0 amide bonds. The highest BCUT2D eigenvalue weighted by atomic mass is 19.4. The van der Waals surface area contributed by atoms with Crippen LogP contribution in [0.15, 0.2) is 18.2 Å². The summed E-state index contributed by atoms with van der Waals surface area (Å²) in [6.45, 7) is 5.61. The van der Waals surface area contributed by atoms with Gasteiger partial charge in [0.15, 0.2) is 0 Å². The topological polar surface area (TPSA) is 18.5 Å². The largest absolute Gasteiger partial charge is 0.488 e. The molecule has 0 bridgehead atoms. The van der Waals surface area contributed by atoms with Gasteiger partial charge in [-0.25, -0.2) is 0 Å². The molecule has 1 aromatic rings. The number of benzene rings is 1. The molecule has 0 radical (unpaired) electrons. The van der Waals surface area contributed by atoms with Crippen LogP contribution in [-0.4, -0.2) is 19.8 Å². The molecule has 0 saturated heterocycles. The van der Waals surface area contributed by atoms with Crippen molar-refractivity contribution in [1.29, 1.82) is 0 Å². The number of halogens is 3. The van der Waals surface area contributed by atoms with Gasteiger partial charge < -0.3 is 9.47 Å². The number of rotatable bonds is 5. The molecule has 108 valence electrons. The molecule has 0 spiro atoms. The van der Waals surface area contributed by atoms with Gasteiger partial charge in [0.05, 0.1) is 12.2 Å². The normalized spacial score (nSPS) is 13.7. The molecular formula is C14H19F3O2. The van der Waals surface area contributed by atoms with E-state index >= 15 is 0 Å². The quantitative estimate of drug-likeness (QED) is 0.800. The Morgan fingerprint density at radius 3 is 2.26 bits per heavy atom. The van der Waals surface area contributed by atoms with Crippen molar-refractivity contribution >= 4 is 0 Å². The van der Waals surface area contributed by atoms with Crippen molar-refractivity contribution in [1.82, 2.24) is 0 Å². The lowest BCUT2D eigenvalue weighted by Crippen LogP contribution is -2.20. The predicted molar refractivity (Wildman–Crippen MR) is 67.5 cm³/mol. The smallest absolute Gasteiger partial charge is 0.419 e. The first-order valence-corrected chi connectivity index (χ1v) is 6.12. The first-order chi connectivity index (χ1) is 8.75. The summed E-state index contributed by atoms with van der Waals surface area (Å²) in [4.78, 5) is 0. The fourth-order valence-electron chi connectivity index (χ4n) is 1.72. The molecule has 19 heavy (non-hydrogen) atoms. The summed E-state index contributed by atoms with van der Waals surface area (Å²) in [5.74, 6) is -0.118. The molecule has 1 aromatic carbocycles. The molecule has 0 aliphatic heterocycles. The van der Waals surface area contributed by atoms with Gasteiger partial charge in [0.2, 0.25) is 0 Å². The van der Waals surface area contributed by atoms with Gasteiger partial charge >= 0.3 is 6.18 Å². The molecule has 1 atom stereocenters. The lowest BCUT2D eigenvalue weighted by molar-refractivity contribution is -0.139. The zero-order chi connectivity index (χ0) is 14.6. The van der Waals surface area contributed by atoms with E-state index in [0.717, 1.165) is 6.07 Å². The van der Waals surface area contributed by atoms with Crippen molar-refractivity contribution in [2.45, 2.75) is 39.0 Å². The SMILES string of the molecule is COCC(C)Oc1ccc(C(C)C)cc1C(F)(F)F. The summed E-state index contributed by atoms with van der Waals surface area (Å²) in [5, 5.41) is 0. The summed E-state index contributed by atoms with van der Waals surface area (Å²) in [6, 6.07) is 4.19. The third-order valence-corrected chi connectivity index (χ3v) is 2.71. The second kappa shape index (κ2) is 6.28. The van der Waals surface area contributed by atoms with Gasteiger partial charge in [-0.05, 0) is 30.5 Å². The predicted octanol–water partition coefficient (Wildman–Crippen LogP) is 4.24. The maximum atomic E-state index is 13.0. The Bertz CT molecular complexity index is 414. The third-order valence-electron chi connectivity index (χ3n) is 2.71. The van der Waals surface area contributed by atoms with E-state index in [1.165, 1.54) is 13.2 Å². The van der Waals surface area contributed by atoms with Crippen LogP contribution in [0.1, 0.15) is 37.8 Å². The molecule has 0 saturated carbocycles. The minimum absolute atomic E-state index is 0.0338. The Morgan fingerprint density at radius 2 is 1.79 bits per heavy atom. The van der Waals surface area contributed by atoms with Crippen LogP contribution in [-0.2, 0) is 10.9 Å². The summed E-state index contributed by atoms with van der Waals surface area (Å²) in [6.07, 6.45) is -4.86. The van der Waals surface area contributed by atoms with E-state index in [9.17, 15) is 13.2 Å². The van der Waals surface area contributed by atoms with Crippen LogP contribution in [0.25, 0.3) is 0 Å². The van der Waals surface area contributed by atoms with E-state index in [1.807, 2.05) is 13.8 Å². The van der Waals surface area contributed by atoms with Crippen LogP contribution in [0, 0.1) is 0 Å². The number of alkyl halides is 3. The first-order valence-electron chi connectivity index (χ1n) is 6.12. The second-order valence-electron chi connectivity index (χ2n) is 4.79. The van der Waals surface area contributed by atoms with Gasteiger partial charge in [0, 0.05) is 7.11 Å². The lowest BCUT2D eigenvalue weighted by Gasteiger charge is -2.19. The summed E-state index contributed by atoms with van der Waals surface area (Å²) in [7, 11) is 1.48. The molecular weight excluding hydrogens is 257 g/mol. The van der Waals surface area contributed by atoms with Crippen LogP contribution in [0.2, 0.25) is 0 Å². The first kappa shape index (κ1) is 15.8. The van der Waals surface area contributed by atoms with E-state index in [4.69, 9.17) is 9.47 Å². The van der Waals surface area contributed by atoms with Gasteiger partial charge in [0.25, 0.3) is 0 Å². The van der Waals surface area contributed by atoms with Gasteiger partial charge in [0.1, 0.15) is 11.9 Å². The Morgan fingerprint density at radius 1 is 1.16 bits per heavy atom. The maximum Gasteiger partial charge on any atom is 0.419 e. The molecule has 0 aromatic heterocycles. The molecule has 1 unspecified atom stereocenters. The average molecular weight is 276 g/mol. The fourth-order valence-corrected chi connectivity index (χ4v) is 1.72. The monoisotopic (exact) mass is 276 g/mol. The zero-order valence-corrected chi connectivity index (χ0v) is 11.5.